The number of rotatable bonds is 8. The summed E-state index contributed by atoms with van der Waals surface area (Å²) in [5, 5.41) is 15.5. The van der Waals surface area contributed by atoms with E-state index in [-0.39, 0.29) is 11.9 Å². The van der Waals surface area contributed by atoms with Gasteiger partial charge in [0, 0.05) is 17.8 Å². The number of anilines is 2. The van der Waals surface area contributed by atoms with Crippen molar-refractivity contribution in [3.63, 3.8) is 0 Å². The van der Waals surface area contributed by atoms with Gasteiger partial charge in [-0.2, -0.15) is 0 Å². The van der Waals surface area contributed by atoms with Crippen molar-refractivity contribution in [1.82, 2.24) is 15.5 Å². The third kappa shape index (κ3) is 4.60. The van der Waals surface area contributed by atoms with Gasteiger partial charge >= 0.3 is 0 Å². The third-order valence-corrected chi connectivity index (χ3v) is 7.85. The number of amides is 1. The van der Waals surface area contributed by atoms with Gasteiger partial charge in [0.2, 0.25) is 11.0 Å². The zero-order valence-corrected chi connectivity index (χ0v) is 17.8. The fourth-order valence-electron chi connectivity index (χ4n) is 4.58. The fraction of sp³-hybridized carbons (Fsp3) is 0.550. The monoisotopic (exact) mass is 418 g/mol. The van der Waals surface area contributed by atoms with E-state index < -0.39 is 0 Å². The molecule has 2 aromatic rings. The molecule has 150 valence electrons. The number of aromatic nitrogens is 2. The van der Waals surface area contributed by atoms with Crippen LogP contribution in [0.15, 0.2) is 28.6 Å². The van der Waals surface area contributed by atoms with Crippen molar-refractivity contribution in [2.24, 2.45) is 17.8 Å². The van der Waals surface area contributed by atoms with Gasteiger partial charge in [0.15, 0.2) is 4.34 Å². The molecule has 4 rings (SSSR count). The van der Waals surface area contributed by atoms with Crippen molar-refractivity contribution in [2.75, 3.05) is 18.2 Å². The number of ether oxygens (including phenoxy) is 1. The highest BCUT2D eigenvalue weighted by molar-refractivity contribution is 8.01. The molecule has 0 unspecified atom stereocenters. The number of thioether (sulfide) groups is 1. The first-order chi connectivity index (χ1) is 13.6. The van der Waals surface area contributed by atoms with Crippen LogP contribution in [0.25, 0.3) is 0 Å². The maximum absolute atomic E-state index is 12.4. The van der Waals surface area contributed by atoms with Crippen molar-refractivity contribution in [3.05, 3.63) is 24.3 Å². The van der Waals surface area contributed by atoms with E-state index in [2.05, 4.69) is 27.8 Å². The quantitative estimate of drug-likeness (QED) is 0.622. The molecule has 6 nitrogen and oxygen atoms in total. The van der Waals surface area contributed by atoms with Crippen LogP contribution in [0, 0.1) is 17.8 Å². The lowest BCUT2D eigenvalue weighted by Crippen LogP contribution is -2.40. The molecule has 2 N–H and O–H groups in total. The summed E-state index contributed by atoms with van der Waals surface area (Å²) < 4.78 is 6.01. The van der Waals surface area contributed by atoms with Crippen molar-refractivity contribution >= 4 is 39.8 Å². The minimum atomic E-state index is 0.0813. The molecule has 0 aliphatic heterocycles. The first-order valence-electron chi connectivity index (χ1n) is 9.77. The summed E-state index contributed by atoms with van der Waals surface area (Å²) in [6.45, 7) is 2.16. The molecular weight excluding hydrogens is 392 g/mol. The Morgan fingerprint density at radius 1 is 1.36 bits per heavy atom. The number of carbonyl (C=O) groups is 1. The average molecular weight is 419 g/mol. The van der Waals surface area contributed by atoms with Gasteiger partial charge in [-0.1, -0.05) is 35.6 Å². The number of hydrogen-bond donors (Lipinski definition) is 2. The van der Waals surface area contributed by atoms with Gasteiger partial charge < -0.3 is 15.4 Å². The van der Waals surface area contributed by atoms with Crippen molar-refractivity contribution < 1.29 is 9.53 Å². The summed E-state index contributed by atoms with van der Waals surface area (Å²) in [5.41, 5.74) is 0.893. The van der Waals surface area contributed by atoms with Crippen LogP contribution in [-0.4, -0.2) is 35.0 Å². The van der Waals surface area contributed by atoms with Crippen LogP contribution in [0.1, 0.15) is 32.6 Å². The molecule has 0 spiro atoms. The molecule has 2 fully saturated rings. The van der Waals surface area contributed by atoms with E-state index in [1.807, 2.05) is 24.3 Å². The summed E-state index contributed by atoms with van der Waals surface area (Å²) in [4.78, 5) is 12.4. The van der Waals surface area contributed by atoms with Gasteiger partial charge in [-0.3, -0.25) is 4.79 Å². The molecule has 0 saturated heterocycles. The molecule has 2 aliphatic rings. The Balaban J connectivity index is 1.24. The molecule has 2 aliphatic carbocycles. The molecule has 0 radical (unpaired) electrons. The molecule has 28 heavy (non-hydrogen) atoms. The number of nitrogens with one attached hydrogen (secondary N) is 2. The highest BCUT2D eigenvalue weighted by atomic mass is 32.2. The molecule has 1 aromatic carbocycles. The van der Waals surface area contributed by atoms with Gasteiger partial charge in [0.25, 0.3) is 0 Å². The number of nitrogens with zero attached hydrogens (tertiary/aromatic N) is 2. The van der Waals surface area contributed by atoms with E-state index in [0.717, 1.165) is 27.6 Å². The maximum Gasteiger partial charge on any atom is 0.230 e. The molecule has 2 bridgehead atoms. The Hall–Kier alpha value is -1.80. The zero-order chi connectivity index (χ0) is 19.5. The zero-order valence-electron chi connectivity index (χ0n) is 16.2. The summed E-state index contributed by atoms with van der Waals surface area (Å²) >= 11 is 2.88. The van der Waals surface area contributed by atoms with Gasteiger partial charge in [-0.25, -0.2) is 0 Å². The van der Waals surface area contributed by atoms with Gasteiger partial charge in [0.1, 0.15) is 5.75 Å². The van der Waals surface area contributed by atoms with Crippen LogP contribution < -0.4 is 15.4 Å². The van der Waals surface area contributed by atoms with E-state index in [9.17, 15) is 4.79 Å². The Kier molecular flexibility index (Phi) is 6.06. The predicted molar refractivity (Wildman–Crippen MR) is 113 cm³/mol. The van der Waals surface area contributed by atoms with E-state index in [0.29, 0.717) is 16.8 Å². The highest BCUT2D eigenvalue weighted by Crippen LogP contribution is 2.49. The summed E-state index contributed by atoms with van der Waals surface area (Å²) in [6.07, 6.45) is 5.39. The smallest absolute Gasteiger partial charge is 0.230 e. The first kappa shape index (κ1) is 19.5. The molecule has 1 aromatic heterocycles. The Labute approximate surface area is 173 Å². The molecular formula is C20H26N4O2S2. The maximum atomic E-state index is 12.4. The molecule has 4 atom stereocenters. The minimum absolute atomic E-state index is 0.0813. The lowest BCUT2D eigenvalue weighted by Gasteiger charge is -2.28. The largest absolute Gasteiger partial charge is 0.497 e. The molecule has 2 saturated carbocycles. The fourth-order valence-corrected chi connectivity index (χ4v) is 6.16. The van der Waals surface area contributed by atoms with Crippen molar-refractivity contribution in [3.8, 4) is 5.75 Å². The highest BCUT2D eigenvalue weighted by Gasteiger charge is 2.42. The second-order valence-electron chi connectivity index (χ2n) is 7.71. The van der Waals surface area contributed by atoms with Crippen LogP contribution in [0.5, 0.6) is 5.75 Å². The van der Waals surface area contributed by atoms with Crippen LogP contribution >= 0.6 is 23.1 Å². The number of hydrogen-bond acceptors (Lipinski definition) is 7. The number of benzene rings is 1. The van der Waals surface area contributed by atoms with E-state index in [1.54, 1.807) is 7.11 Å². The van der Waals surface area contributed by atoms with E-state index in [1.165, 1.54) is 48.8 Å². The lowest BCUT2D eigenvalue weighted by atomic mass is 9.84. The van der Waals surface area contributed by atoms with Crippen LogP contribution in [0.4, 0.5) is 10.8 Å². The van der Waals surface area contributed by atoms with Gasteiger partial charge in [-0.05, 0) is 56.1 Å². The van der Waals surface area contributed by atoms with Crippen LogP contribution in [-0.2, 0) is 4.79 Å². The first-order valence-corrected chi connectivity index (χ1v) is 11.6. The molecule has 1 amide bonds. The van der Waals surface area contributed by atoms with Gasteiger partial charge in [0.05, 0.1) is 12.9 Å². The van der Waals surface area contributed by atoms with E-state index >= 15 is 0 Å². The SMILES string of the molecule is COc1cccc(Nc2nnc(SCC(=O)N[C@@H](C)[C@@H]3C[C@@H]4CC[C@@H]3C4)s2)c1. The number of carbonyl (C=O) groups excluding carboxylic acids is 1. The lowest BCUT2D eigenvalue weighted by molar-refractivity contribution is -0.119. The molecule has 8 heteroatoms. The summed E-state index contributed by atoms with van der Waals surface area (Å²) in [6, 6.07) is 7.92. The summed E-state index contributed by atoms with van der Waals surface area (Å²) in [5.74, 6) is 3.62. The van der Waals surface area contributed by atoms with E-state index in [4.69, 9.17) is 4.74 Å². The molecule has 1 heterocycles. The summed E-state index contributed by atoms with van der Waals surface area (Å²) in [7, 11) is 1.64. The Bertz CT molecular complexity index is 828. The Morgan fingerprint density at radius 3 is 3.00 bits per heavy atom. The van der Waals surface area contributed by atoms with Crippen LogP contribution in [0.3, 0.4) is 0 Å². The second kappa shape index (κ2) is 8.69. The topological polar surface area (TPSA) is 76.1 Å². The predicted octanol–water partition coefficient (Wildman–Crippen LogP) is 4.32. The second-order valence-corrected chi connectivity index (χ2v) is 9.91. The third-order valence-electron chi connectivity index (χ3n) is 5.88. The number of methoxy groups -OCH3 is 1. The van der Waals surface area contributed by atoms with Crippen molar-refractivity contribution in [1.29, 1.82) is 0 Å². The standard InChI is InChI=1S/C20H26N4O2S2/c1-12(17-9-13-6-7-14(17)8-13)21-18(25)11-27-20-24-23-19(28-20)22-15-4-3-5-16(10-15)26-2/h3-5,10,12-14,17H,6-9,11H2,1-2H3,(H,21,25)(H,22,23)/t12-,13+,14+,17-/m0/s1. The number of fused-ring (bicyclic) bond motifs is 2. The normalized spacial score (nSPS) is 24.1. The van der Waals surface area contributed by atoms with Gasteiger partial charge in [-0.15, -0.1) is 10.2 Å². The Morgan fingerprint density at radius 2 is 2.25 bits per heavy atom. The van der Waals surface area contributed by atoms with Crippen molar-refractivity contribution in [2.45, 2.75) is 43.0 Å². The van der Waals surface area contributed by atoms with Crippen LogP contribution in [0.2, 0.25) is 0 Å². The average Bonchev–Trinajstić information content (AvgIpc) is 3.44. The minimum Gasteiger partial charge on any atom is -0.497 e.